The average molecular weight is 440 g/mol. The predicted molar refractivity (Wildman–Crippen MR) is 120 cm³/mol. The van der Waals surface area contributed by atoms with Crippen molar-refractivity contribution in [1.29, 1.82) is 0 Å². The second-order valence-electron chi connectivity index (χ2n) is 6.99. The first kappa shape index (κ1) is 28.5. The third kappa shape index (κ3) is 7.93. The molecule has 1 rings (SSSR count). The summed E-state index contributed by atoms with van der Waals surface area (Å²) in [6.07, 6.45) is -1.43. The highest BCUT2D eigenvalue weighted by Gasteiger charge is 2.27. The number of anilines is 1. The van der Waals surface area contributed by atoms with Gasteiger partial charge in [0.05, 0.1) is 18.8 Å². The number of hydrogen-bond acceptors (Lipinski definition) is 6. The first-order chi connectivity index (χ1) is 14.5. The molecule has 0 fully saturated rings. The van der Waals surface area contributed by atoms with Gasteiger partial charge in [-0.3, -0.25) is 14.4 Å². The molecule has 2 atom stereocenters. The van der Waals surface area contributed by atoms with Gasteiger partial charge in [-0.2, -0.15) is 0 Å². The Bertz CT molecular complexity index is 777. The Morgan fingerprint density at radius 1 is 0.935 bits per heavy atom. The van der Waals surface area contributed by atoms with Gasteiger partial charge in [0.1, 0.15) is 0 Å². The fourth-order valence-corrected chi connectivity index (χ4v) is 3.15. The zero-order chi connectivity index (χ0) is 24.3. The van der Waals surface area contributed by atoms with Crippen LogP contribution in [0.3, 0.4) is 0 Å². The van der Waals surface area contributed by atoms with E-state index in [0.29, 0.717) is 28.8 Å². The van der Waals surface area contributed by atoms with Crippen LogP contribution in [0.4, 0.5) is 5.69 Å². The molecule has 0 spiro atoms. The van der Waals surface area contributed by atoms with Crippen LogP contribution in [0.5, 0.6) is 0 Å². The molecule has 9 heteroatoms. The zero-order valence-corrected chi connectivity index (χ0v) is 19.5. The van der Waals surface area contributed by atoms with Gasteiger partial charge in [-0.1, -0.05) is 20.8 Å². The molecule has 1 aromatic carbocycles. The average Bonchev–Trinajstić information content (AvgIpc) is 2.72. The van der Waals surface area contributed by atoms with E-state index in [0.717, 1.165) is 0 Å². The van der Waals surface area contributed by atoms with Crippen LogP contribution in [-0.4, -0.2) is 64.9 Å². The molecule has 2 unspecified atom stereocenters. The maximum Gasteiger partial charge on any atom is 0.252 e. The minimum Gasteiger partial charge on any atom is -0.394 e. The summed E-state index contributed by atoms with van der Waals surface area (Å²) in [6, 6.07) is 0. The number of aliphatic hydroxyl groups is 3. The Hall–Kier alpha value is -2.49. The van der Waals surface area contributed by atoms with Crippen LogP contribution in [0.15, 0.2) is 0 Å². The fraction of sp³-hybridized carbons (Fsp3) is 0.591. The number of aliphatic hydroxyl groups excluding tert-OH is 3. The molecule has 6 N–H and O–H groups in total. The second-order valence-corrected chi connectivity index (χ2v) is 6.99. The standard InChI is InChI=1S/C20H31N3O6.C2H6/c1-6-15-17(20(29)21-7-10(2)25)11(3)16(12(4)18(15)23-13(5)26)19(28)22-8-14(27)9-24;1-2/h10,14,24-25,27H,6-9H2,1-5H3,(H,21,29)(H,22,28)(H,23,26);1-2H3. The molecule has 1 aromatic rings. The monoisotopic (exact) mass is 439 g/mol. The molecule has 3 amide bonds. The molecule has 0 bridgehead atoms. The van der Waals surface area contributed by atoms with Crippen molar-refractivity contribution in [2.75, 3.05) is 25.0 Å². The summed E-state index contributed by atoms with van der Waals surface area (Å²) < 4.78 is 0. The molecule has 176 valence electrons. The summed E-state index contributed by atoms with van der Waals surface area (Å²) in [6.45, 7) is 11.4. The van der Waals surface area contributed by atoms with Crippen molar-refractivity contribution in [3.8, 4) is 0 Å². The number of amides is 3. The summed E-state index contributed by atoms with van der Waals surface area (Å²) in [5, 5.41) is 35.8. The lowest BCUT2D eigenvalue weighted by atomic mass is 9.88. The van der Waals surface area contributed by atoms with E-state index in [4.69, 9.17) is 5.11 Å². The minimum absolute atomic E-state index is 0.0367. The van der Waals surface area contributed by atoms with E-state index in [-0.39, 0.29) is 30.1 Å². The molecule has 0 aliphatic rings. The van der Waals surface area contributed by atoms with E-state index < -0.39 is 30.6 Å². The van der Waals surface area contributed by atoms with Crippen LogP contribution in [-0.2, 0) is 11.2 Å². The van der Waals surface area contributed by atoms with E-state index in [2.05, 4.69) is 16.0 Å². The summed E-state index contributed by atoms with van der Waals surface area (Å²) >= 11 is 0. The van der Waals surface area contributed by atoms with Crippen molar-refractivity contribution in [3.05, 3.63) is 27.8 Å². The number of benzene rings is 1. The number of carbonyl (C=O) groups excluding carboxylic acids is 3. The Labute approximate surface area is 184 Å². The smallest absolute Gasteiger partial charge is 0.252 e. The Kier molecular flexibility index (Phi) is 12.6. The van der Waals surface area contributed by atoms with Gasteiger partial charge in [0.2, 0.25) is 5.91 Å². The summed E-state index contributed by atoms with van der Waals surface area (Å²) in [4.78, 5) is 37.4. The van der Waals surface area contributed by atoms with Gasteiger partial charge in [-0.25, -0.2) is 0 Å². The highest BCUT2D eigenvalue weighted by Crippen LogP contribution is 2.32. The Morgan fingerprint density at radius 2 is 1.45 bits per heavy atom. The molecule has 0 saturated carbocycles. The number of nitrogens with one attached hydrogen (secondary N) is 3. The van der Waals surface area contributed by atoms with Crippen molar-refractivity contribution in [3.63, 3.8) is 0 Å². The van der Waals surface area contributed by atoms with Gasteiger partial charge < -0.3 is 31.3 Å². The van der Waals surface area contributed by atoms with E-state index in [1.807, 2.05) is 20.8 Å². The van der Waals surface area contributed by atoms with Gasteiger partial charge in [0.15, 0.2) is 0 Å². The summed E-state index contributed by atoms with van der Waals surface area (Å²) in [7, 11) is 0. The summed E-state index contributed by atoms with van der Waals surface area (Å²) in [5.74, 6) is -1.34. The fourth-order valence-electron chi connectivity index (χ4n) is 3.15. The van der Waals surface area contributed by atoms with Crippen molar-refractivity contribution in [2.24, 2.45) is 0 Å². The van der Waals surface area contributed by atoms with E-state index in [1.165, 1.54) is 13.8 Å². The predicted octanol–water partition coefficient (Wildman–Crippen LogP) is 1.04. The van der Waals surface area contributed by atoms with Gasteiger partial charge in [-0.05, 0) is 43.9 Å². The maximum atomic E-state index is 12.8. The SMILES string of the molecule is CC.CCc1c(NC(C)=O)c(C)c(C(=O)NCC(O)CO)c(C)c1C(=O)NCC(C)O. The molecule has 0 aliphatic carbocycles. The van der Waals surface area contributed by atoms with Crippen LogP contribution < -0.4 is 16.0 Å². The lowest BCUT2D eigenvalue weighted by Crippen LogP contribution is -2.36. The van der Waals surface area contributed by atoms with Gasteiger partial charge in [0.25, 0.3) is 11.8 Å². The molecule has 9 nitrogen and oxygen atoms in total. The molecule has 0 radical (unpaired) electrons. The van der Waals surface area contributed by atoms with Crippen molar-refractivity contribution in [2.45, 2.75) is 67.1 Å². The molecule has 0 aliphatic heterocycles. The second kappa shape index (κ2) is 13.7. The number of carbonyl (C=O) groups is 3. The Balaban J connectivity index is 0.00000436. The first-order valence-electron chi connectivity index (χ1n) is 10.5. The quantitative estimate of drug-likeness (QED) is 0.339. The molecule has 31 heavy (non-hydrogen) atoms. The normalized spacial score (nSPS) is 12.2. The maximum absolute atomic E-state index is 12.8. The van der Waals surface area contributed by atoms with Crippen molar-refractivity contribution < 1.29 is 29.7 Å². The van der Waals surface area contributed by atoms with Gasteiger partial charge in [-0.15, -0.1) is 0 Å². The number of hydrogen-bond donors (Lipinski definition) is 6. The van der Waals surface area contributed by atoms with E-state index in [1.54, 1.807) is 13.8 Å². The molecular weight excluding hydrogens is 402 g/mol. The highest BCUT2D eigenvalue weighted by atomic mass is 16.3. The van der Waals surface area contributed by atoms with Crippen LogP contribution in [0.1, 0.15) is 72.0 Å². The largest absolute Gasteiger partial charge is 0.394 e. The lowest BCUT2D eigenvalue weighted by molar-refractivity contribution is -0.114. The highest BCUT2D eigenvalue weighted by molar-refractivity contribution is 6.07. The third-order valence-corrected chi connectivity index (χ3v) is 4.48. The number of rotatable bonds is 9. The van der Waals surface area contributed by atoms with Crippen molar-refractivity contribution >= 4 is 23.4 Å². The van der Waals surface area contributed by atoms with Crippen LogP contribution in [0.2, 0.25) is 0 Å². The van der Waals surface area contributed by atoms with Crippen LogP contribution >= 0.6 is 0 Å². The van der Waals surface area contributed by atoms with Crippen molar-refractivity contribution in [1.82, 2.24) is 10.6 Å². The van der Waals surface area contributed by atoms with E-state index in [9.17, 15) is 24.6 Å². The molecule has 0 heterocycles. The van der Waals surface area contributed by atoms with Crippen LogP contribution in [0, 0.1) is 13.8 Å². The lowest BCUT2D eigenvalue weighted by Gasteiger charge is -2.23. The summed E-state index contributed by atoms with van der Waals surface area (Å²) in [5.41, 5.74) is 2.37. The molecular formula is C22H37N3O6. The topological polar surface area (TPSA) is 148 Å². The Morgan fingerprint density at radius 3 is 1.90 bits per heavy atom. The minimum atomic E-state index is -1.11. The van der Waals surface area contributed by atoms with Gasteiger partial charge >= 0.3 is 0 Å². The molecule has 0 aromatic heterocycles. The van der Waals surface area contributed by atoms with Crippen LogP contribution in [0.25, 0.3) is 0 Å². The third-order valence-electron chi connectivity index (χ3n) is 4.48. The molecule has 0 saturated heterocycles. The zero-order valence-electron chi connectivity index (χ0n) is 19.5. The van der Waals surface area contributed by atoms with Gasteiger partial charge in [0, 0.05) is 36.8 Å². The first-order valence-corrected chi connectivity index (χ1v) is 10.5. The van der Waals surface area contributed by atoms with E-state index >= 15 is 0 Å².